The number of nitrogens with zero attached hydrogens (tertiary/aromatic N) is 3. The number of para-hydroxylation sites is 1. The van der Waals surface area contributed by atoms with Crippen LogP contribution < -0.4 is 0 Å². The maximum atomic E-state index is 13.3. The Labute approximate surface area is 162 Å². The molecular weight excluding hydrogens is 366 g/mol. The van der Waals surface area contributed by atoms with Crippen LogP contribution in [0.25, 0.3) is 0 Å². The lowest BCUT2D eigenvalue weighted by Crippen LogP contribution is -2.53. The van der Waals surface area contributed by atoms with E-state index in [1.807, 2.05) is 41.0 Å². The van der Waals surface area contributed by atoms with Gasteiger partial charge >= 0.3 is 0 Å². The quantitative estimate of drug-likeness (QED) is 0.778. The summed E-state index contributed by atoms with van der Waals surface area (Å²) in [4.78, 5) is 33.9. The van der Waals surface area contributed by atoms with Crippen molar-refractivity contribution in [2.75, 3.05) is 18.1 Å². The van der Waals surface area contributed by atoms with E-state index in [1.165, 1.54) is 0 Å². The number of amidine groups is 1. The first-order valence-electron chi connectivity index (χ1n) is 9.04. The first-order chi connectivity index (χ1) is 12.5. The zero-order valence-electron chi connectivity index (χ0n) is 15.1. The molecule has 3 heterocycles. The highest BCUT2D eigenvalue weighted by Gasteiger charge is 2.54. The number of thioether (sulfide) groups is 2. The highest BCUT2D eigenvalue weighted by atomic mass is 32.2. The zero-order valence-corrected chi connectivity index (χ0v) is 16.7. The van der Waals surface area contributed by atoms with Gasteiger partial charge in [-0.05, 0) is 38.3 Å². The highest BCUT2D eigenvalue weighted by molar-refractivity contribution is 8.13. The number of benzene rings is 1. The summed E-state index contributed by atoms with van der Waals surface area (Å²) in [5.41, 5.74) is 2.00. The molecule has 3 saturated heterocycles. The minimum atomic E-state index is -0.360. The fourth-order valence-corrected chi connectivity index (χ4v) is 6.21. The molecule has 2 amide bonds. The van der Waals surface area contributed by atoms with Crippen molar-refractivity contribution >= 4 is 46.2 Å². The first-order valence-corrected chi connectivity index (χ1v) is 11.0. The van der Waals surface area contributed by atoms with Crippen molar-refractivity contribution in [2.45, 2.75) is 44.0 Å². The second-order valence-electron chi connectivity index (χ2n) is 7.14. The molecule has 0 bridgehead atoms. The molecule has 138 valence electrons. The minimum Gasteiger partial charge on any atom is -0.315 e. The zero-order chi connectivity index (χ0) is 18.3. The fourth-order valence-electron chi connectivity index (χ4n) is 3.83. The number of carbonyl (C=O) groups excluding carboxylic acids is 2. The Morgan fingerprint density at radius 2 is 2.15 bits per heavy atom. The predicted molar refractivity (Wildman–Crippen MR) is 108 cm³/mol. The summed E-state index contributed by atoms with van der Waals surface area (Å²) in [5.74, 6) is 1.78. The van der Waals surface area contributed by atoms with Crippen LogP contribution in [-0.4, -0.2) is 55.7 Å². The number of hydrogen-bond acceptors (Lipinski definition) is 5. The number of aryl methyl sites for hydroxylation is 1. The molecule has 0 unspecified atom stereocenters. The summed E-state index contributed by atoms with van der Waals surface area (Å²) in [6, 6.07) is 7.61. The van der Waals surface area contributed by atoms with Gasteiger partial charge in [0.1, 0.15) is 6.04 Å². The molecule has 3 fully saturated rings. The number of carbonyl (C=O) groups is 2. The maximum Gasteiger partial charge on any atom is 0.252 e. The van der Waals surface area contributed by atoms with Gasteiger partial charge in [-0.2, -0.15) is 0 Å². The van der Waals surface area contributed by atoms with Gasteiger partial charge in [-0.3, -0.25) is 14.5 Å². The lowest BCUT2D eigenvalue weighted by Gasteiger charge is -2.34. The molecule has 1 aromatic carbocycles. The SMILES string of the molecule is Cc1ccccc1N=C1SCCCN1C(=O)[C@H]1CS[C@]2(C)CCC(=O)N12. The fraction of sp³-hybridized carbons (Fsp3) is 0.526. The van der Waals surface area contributed by atoms with Gasteiger partial charge < -0.3 is 4.90 Å². The van der Waals surface area contributed by atoms with E-state index in [0.717, 1.165) is 35.0 Å². The molecule has 3 aliphatic heterocycles. The third-order valence-electron chi connectivity index (χ3n) is 5.32. The van der Waals surface area contributed by atoms with Gasteiger partial charge in [-0.15, -0.1) is 11.8 Å². The lowest BCUT2D eigenvalue weighted by atomic mass is 10.2. The number of rotatable bonds is 2. The lowest BCUT2D eigenvalue weighted by molar-refractivity contribution is -0.141. The van der Waals surface area contributed by atoms with Gasteiger partial charge in [0.25, 0.3) is 5.91 Å². The third kappa shape index (κ3) is 3.05. The van der Waals surface area contributed by atoms with Crippen molar-refractivity contribution in [1.82, 2.24) is 9.80 Å². The number of aliphatic imine (C=N–C) groups is 1. The number of fused-ring (bicyclic) bond motifs is 1. The smallest absolute Gasteiger partial charge is 0.252 e. The molecule has 2 atom stereocenters. The number of hydrogen-bond donors (Lipinski definition) is 0. The Morgan fingerprint density at radius 1 is 1.35 bits per heavy atom. The minimum absolute atomic E-state index is 0.0241. The summed E-state index contributed by atoms with van der Waals surface area (Å²) in [5, 5.41) is 0.765. The van der Waals surface area contributed by atoms with Gasteiger partial charge in [0.05, 0.1) is 10.6 Å². The van der Waals surface area contributed by atoms with Gasteiger partial charge in [-0.1, -0.05) is 30.0 Å². The standard InChI is InChI=1S/C19H23N3O2S2/c1-13-6-3-4-7-14(13)20-18-21(10-5-11-25-18)17(24)15-12-26-19(2)9-8-16(23)22(15)19/h3-4,6-7,15H,5,8-12H2,1-2H3/t15-,19-/m1/s1. The Kier molecular flexibility index (Phi) is 4.77. The van der Waals surface area contributed by atoms with E-state index in [0.29, 0.717) is 18.7 Å². The molecule has 7 heteroatoms. The normalized spacial score (nSPS) is 30.2. The number of amides is 2. The van der Waals surface area contributed by atoms with Crippen LogP contribution in [0.3, 0.4) is 0 Å². The van der Waals surface area contributed by atoms with E-state index in [4.69, 9.17) is 4.99 Å². The van der Waals surface area contributed by atoms with Crippen molar-refractivity contribution in [3.63, 3.8) is 0 Å². The van der Waals surface area contributed by atoms with E-state index in [-0.39, 0.29) is 22.7 Å². The molecule has 4 rings (SSSR count). The first kappa shape index (κ1) is 17.9. The van der Waals surface area contributed by atoms with Crippen LogP contribution in [0, 0.1) is 6.92 Å². The third-order valence-corrected chi connectivity index (χ3v) is 7.88. The molecule has 0 spiro atoms. The van der Waals surface area contributed by atoms with Crippen molar-refractivity contribution in [3.8, 4) is 0 Å². The molecule has 1 aromatic rings. The molecule has 3 aliphatic rings. The summed E-state index contributed by atoms with van der Waals surface area (Å²) in [6.45, 7) is 4.79. The van der Waals surface area contributed by atoms with Gasteiger partial charge in [0.15, 0.2) is 5.17 Å². The van der Waals surface area contributed by atoms with Crippen LogP contribution in [0.1, 0.15) is 31.7 Å². The van der Waals surface area contributed by atoms with Crippen LogP contribution in [0.5, 0.6) is 0 Å². The molecule has 0 radical (unpaired) electrons. The van der Waals surface area contributed by atoms with Crippen molar-refractivity contribution in [2.24, 2.45) is 4.99 Å². The largest absolute Gasteiger partial charge is 0.315 e. The summed E-state index contributed by atoms with van der Waals surface area (Å²) in [7, 11) is 0. The Bertz CT molecular complexity index is 782. The van der Waals surface area contributed by atoms with Crippen LogP contribution in [0.15, 0.2) is 29.3 Å². The van der Waals surface area contributed by atoms with E-state index in [1.54, 1.807) is 23.5 Å². The van der Waals surface area contributed by atoms with Crippen LogP contribution in [0.4, 0.5) is 5.69 Å². The van der Waals surface area contributed by atoms with E-state index in [9.17, 15) is 9.59 Å². The average molecular weight is 390 g/mol. The van der Waals surface area contributed by atoms with E-state index >= 15 is 0 Å². The predicted octanol–water partition coefficient (Wildman–Crippen LogP) is 3.40. The maximum absolute atomic E-state index is 13.3. The highest BCUT2D eigenvalue weighted by Crippen LogP contribution is 2.47. The molecule has 0 N–H and O–H groups in total. The average Bonchev–Trinajstić information content (AvgIpc) is 3.13. The van der Waals surface area contributed by atoms with Gasteiger partial charge in [-0.25, -0.2) is 4.99 Å². The molecule has 5 nitrogen and oxygen atoms in total. The molecular formula is C19H23N3O2S2. The van der Waals surface area contributed by atoms with E-state index < -0.39 is 0 Å². The molecule has 0 aliphatic carbocycles. The van der Waals surface area contributed by atoms with Crippen LogP contribution >= 0.6 is 23.5 Å². The second kappa shape index (κ2) is 6.93. The van der Waals surface area contributed by atoms with E-state index in [2.05, 4.69) is 6.92 Å². The summed E-state index contributed by atoms with van der Waals surface area (Å²) < 4.78 is 0. The van der Waals surface area contributed by atoms with Gasteiger partial charge in [0.2, 0.25) is 5.91 Å². The Balaban J connectivity index is 1.62. The van der Waals surface area contributed by atoms with Crippen LogP contribution in [0.2, 0.25) is 0 Å². The van der Waals surface area contributed by atoms with Crippen LogP contribution in [-0.2, 0) is 9.59 Å². The summed E-state index contributed by atoms with van der Waals surface area (Å²) in [6.07, 6.45) is 2.33. The summed E-state index contributed by atoms with van der Waals surface area (Å²) >= 11 is 3.37. The van der Waals surface area contributed by atoms with Crippen molar-refractivity contribution < 1.29 is 9.59 Å². The van der Waals surface area contributed by atoms with Crippen molar-refractivity contribution in [1.29, 1.82) is 0 Å². The second-order valence-corrected chi connectivity index (χ2v) is 9.70. The molecule has 26 heavy (non-hydrogen) atoms. The monoisotopic (exact) mass is 389 g/mol. The van der Waals surface area contributed by atoms with Crippen molar-refractivity contribution in [3.05, 3.63) is 29.8 Å². The molecule has 0 saturated carbocycles. The van der Waals surface area contributed by atoms with Gasteiger partial charge in [0, 0.05) is 24.5 Å². The Hall–Kier alpha value is -1.47. The molecule has 0 aromatic heterocycles. The topological polar surface area (TPSA) is 53.0 Å². The Morgan fingerprint density at radius 3 is 2.96 bits per heavy atom.